The molecule has 6 nitrogen and oxygen atoms in total. The number of carbonyl (C=O) groups is 1. The number of methoxy groups -OCH3 is 1. The van der Waals surface area contributed by atoms with Gasteiger partial charge >= 0.3 is 0 Å². The maximum atomic E-state index is 14.1. The van der Waals surface area contributed by atoms with Gasteiger partial charge < -0.3 is 20.1 Å². The van der Waals surface area contributed by atoms with Gasteiger partial charge in [0.15, 0.2) is 5.82 Å². The summed E-state index contributed by atoms with van der Waals surface area (Å²) in [5, 5.41) is 5.78. The third-order valence-corrected chi connectivity index (χ3v) is 4.34. The molecule has 0 spiro atoms. The summed E-state index contributed by atoms with van der Waals surface area (Å²) in [5.41, 5.74) is 0.345. The Hall–Kier alpha value is -2.03. The second kappa shape index (κ2) is 7.07. The van der Waals surface area contributed by atoms with Crippen LogP contribution in [0, 0.1) is 5.82 Å². The summed E-state index contributed by atoms with van der Waals surface area (Å²) >= 11 is 0. The summed E-state index contributed by atoms with van der Waals surface area (Å²) in [6, 6.07) is 0.895. The van der Waals surface area contributed by atoms with E-state index in [1.807, 2.05) is 0 Å². The fourth-order valence-electron chi connectivity index (χ4n) is 2.94. The molecule has 2 aliphatic rings. The lowest BCUT2D eigenvalue weighted by molar-refractivity contribution is -0.136. The van der Waals surface area contributed by atoms with Crippen LogP contribution in [-0.2, 0) is 11.3 Å². The monoisotopic (exact) mass is 359 g/mol. The van der Waals surface area contributed by atoms with Crippen molar-refractivity contribution in [3.8, 4) is 11.8 Å². The zero-order chi connectivity index (χ0) is 18.0. The van der Waals surface area contributed by atoms with Crippen LogP contribution in [0.5, 0.6) is 11.8 Å². The average Bonchev–Trinajstić information content (AvgIpc) is 3.07. The summed E-state index contributed by atoms with van der Waals surface area (Å²) in [5.74, 6) is -3.99. The molecule has 1 amide bonds. The summed E-state index contributed by atoms with van der Waals surface area (Å²) < 4.78 is 50.1. The smallest absolute Gasteiger partial charge is 0.255 e. The lowest BCUT2D eigenvalue weighted by atomic mass is 9.91. The molecular formula is C16H20F3N3O3. The van der Waals surface area contributed by atoms with E-state index in [1.54, 1.807) is 0 Å². The van der Waals surface area contributed by atoms with Gasteiger partial charge in [-0.15, -0.1) is 0 Å². The molecular weight excluding hydrogens is 339 g/mol. The fourth-order valence-corrected chi connectivity index (χ4v) is 2.94. The Balaban J connectivity index is 1.63. The van der Waals surface area contributed by atoms with E-state index in [0.29, 0.717) is 5.56 Å². The highest BCUT2D eigenvalue weighted by Gasteiger charge is 2.47. The maximum Gasteiger partial charge on any atom is 0.255 e. The van der Waals surface area contributed by atoms with Crippen molar-refractivity contribution in [2.45, 2.75) is 50.3 Å². The number of pyridine rings is 1. The molecule has 138 valence electrons. The number of halogens is 3. The van der Waals surface area contributed by atoms with Gasteiger partial charge in [0.1, 0.15) is 6.10 Å². The molecule has 1 atom stereocenters. The molecule has 1 saturated carbocycles. The van der Waals surface area contributed by atoms with Crippen molar-refractivity contribution in [2.24, 2.45) is 0 Å². The molecule has 0 aromatic carbocycles. The van der Waals surface area contributed by atoms with E-state index in [-0.39, 0.29) is 30.3 Å². The first-order chi connectivity index (χ1) is 11.9. The number of aromatic nitrogens is 1. The van der Waals surface area contributed by atoms with Crippen LogP contribution in [0.4, 0.5) is 13.2 Å². The maximum absolute atomic E-state index is 14.1. The van der Waals surface area contributed by atoms with Crippen molar-refractivity contribution in [1.29, 1.82) is 0 Å². The van der Waals surface area contributed by atoms with E-state index in [2.05, 4.69) is 15.6 Å². The zero-order valence-corrected chi connectivity index (χ0v) is 13.8. The van der Waals surface area contributed by atoms with Crippen LogP contribution < -0.4 is 20.1 Å². The van der Waals surface area contributed by atoms with Gasteiger partial charge in [0, 0.05) is 24.9 Å². The number of hydrogen-bond donors (Lipinski definition) is 2. The Morgan fingerprint density at radius 1 is 1.44 bits per heavy atom. The van der Waals surface area contributed by atoms with Crippen molar-refractivity contribution >= 4 is 5.91 Å². The molecule has 25 heavy (non-hydrogen) atoms. The predicted octanol–water partition coefficient (Wildman–Crippen LogP) is 1.77. The number of hydrogen-bond acceptors (Lipinski definition) is 5. The predicted molar refractivity (Wildman–Crippen MR) is 82.2 cm³/mol. The molecule has 9 heteroatoms. The van der Waals surface area contributed by atoms with E-state index in [1.165, 1.54) is 7.11 Å². The second-order valence-corrected chi connectivity index (χ2v) is 6.31. The molecule has 1 aromatic rings. The second-order valence-electron chi connectivity index (χ2n) is 6.31. The van der Waals surface area contributed by atoms with Crippen LogP contribution in [0.15, 0.2) is 6.07 Å². The molecule has 1 saturated heterocycles. The van der Waals surface area contributed by atoms with E-state index >= 15 is 0 Å². The Morgan fingerprint density at radius 3 is 2.80 bits per heavy atom. The van der Waals surface area contributed by atoms with Crippen LogP contribution in [0.3, 0.4) is 0 Å². The van der Waals surface area contributed by atoms with Gasteiger partial charge in [0.05, 0.1) is 13.2 Å². The van der Waals surface area contributed by atoms with Gasteiger partial charge in [-0.05, 0) is 25.5 Å². The molecule has 3 rings (SSSR count). The van der Waals surface area contributed by atoms with Gasteiger partial charge in [-0.25, -0.2) is 13.2 Å². The molecule has 2 fully saturated rings. The molecule has 0 bridgehead atoms. The number of carbonyl (C=O) groups excluding carboxylic acids is 1. The Bertz CT molecular complexity index is 643. The van der Waals surface area contributed by atoms with Crippen LogP contribution in [0.2, 0.25) is 0 Å². The summed E-state index contributed by atoms with van der Waals surface area (Å²) in [4.78, 5) is 15.9. The minimum Gasteiger partial charge on any atom is -0.481 e. The van der Waals surface area contributed by atoms with E-state index in [9.17, 15) is 18.0 Å². The summed E-state index contributed by atoms with van der Waals surface area (Å²) in [6.07, 6.45) is 0.0180. The molecule has 2 N–H and O–H groups in total. The third kappa shape index (κ3) is 4.15. The van der Waals surface area contributed by atoms with E-state index in [0.717, 1.165) is 25.5 Å². The lowest BCUT2D eigenvalue weighted by Crippen LogP contribution is -2.43. The minimum absolute atomic E-state index is 0.0475. The zero-order valence-electron chi connectivity index (χ0n) is 13.8. The molecule has 1 aliphatic carbocycles. The normalized spacial score (nSPS) is 22.3. The Kier molecular flexibility index (Phi) is 5.03. The van der Waals surface area contributed by atoms with Crippen LogP contribution in [0.1, 0.15) is 31.2 Å². The topological polar surface area (TPSA) is 72.5 Å². The SMILES string of the molecule is COc1nc(OC2CC(F)(F)C2)c(F)cc1CNC(=O)[C@@H]1CCCN1. The summed E-state index contributed by atoms with van der Waals surface area (Å²) in [6.45, 7) is 0.843. The van der Waals surface area contributed by atoms with E-state index < -0.39 is 30.7 Å². The Morgan fingerprint density at radius 2 is 2.20 bits per heavy atom. The van der Waals surface area contributed by atoms with Crippen LogP contribution >= 0.6 is 0 Å². The van der Waals surface area contributed by atoms with Gasteiger partial charge in [-0.3, -0.25) is 4.79 Å². The van der Waals surface area contributed by atoms with Gasteiger partial charge in [0.2, 0.25) is 11.8 Å². The number of alkyl halides is 2. The van der Waals surface area contributed by atoms with Crippen molar-refractivity contribution in [2.75, 3.05) is 13.7 Å². The number of rotatable bonds is 6. The Labute approximate surface area is 143 Å². The summed E-state index contributed by atoms with van der Waals surface area (Å²) in [7, 11) is 1.35. The first-order valence-corrected chi connectivity index (χ1v) is 8.17. The molecule has 0 radical (unpaired) electrons. The number of amides is 1. The van der Waals surface area contributed by atoms with Crippen molar-refractivity contribution in [1.82, 2.24) is 15.6 Å². The number of ether oxygens (including phenoxy) is 2. The highest BCUT2D eigenvalue weighted by molar-refractivity contribution is 5.82. The minimum atomic E-state index is -2.76. The standard InChI is InChI=1S/C16H20F3N3O3/c1-24-14-9(8-21-13(23)12-3-2-4-20-12)5-11(17)15(22-14)25-10-6-16(18,19)7-10/h5,10,12,20H,2-4,6-8H2,1H3,(H,21,23)/t12-/m0/s1. The highest BCUT2D eigenvalue weighted by atomic mass is 19.3. The van der Waals surface area contributed by atoms with Crippen LogP contribution in [-0.4, -0.2) is 42.6 Å². The van der Waals surface area contributed by atoms with Crippen molar-refractivity contribution in [3.63, 3.8) is 0 Å². The number of nitrogens with one attached hydrogen (secondary N) is 2. The largest absolute Gasteiger partial charge is 0.481 e. The van der Waals surface area contributed by atoms with E-state index in [4.69, 9.17) is 9.47 Å². The van der Waals surface area contributed by atoms with Gasteiger partial charge in [-0.2, -0.15) is 4.98 Å². The van der Waals surface area contributed by atoms with Crippen molar-refractivity contribution in [3.05, 3.63) is 17.4 Å². The van der Waals surface area contributed by atoms with Crippen LogP contribution in [0.25, 0.3) is 0 Å². The number of nitrogens with zero attached hydrogens (tertiary/aromatic N) is 1. The molecule has 2 heterocycles. The van der Waals surface area contributed by atoms with Gasteiger partial charge in [0.25, 0.3) is 11.8 Å². The quantitative estimate of drug-likeness (QED) is 0.810. The van der Waals surface area contributed by atoms with Crippen molar-refractivity contribution < 1.29 is 27.4 Å². The fraction of sp³-hybridized carbons (Fsp3) is 0.625. The molecule has 1 aliphatic heterocycles. The lowest BCUT2D eigenvalue weighted by Gasteiger charge is -2.34. The highest BCUT2D eigenvalue weighted by Crippen LogP contribution is 2.40. The first-order valence-electron chi connectivity index (χ1n) is 8.17. The molecule has 0 unspecified atom stereocenters. The third-order valence-electron chi connectivity index (χ3n) is 4.34. The first kappa shape index (κ1) is 17.8. The average molecular weight is 359 g/mol. The molecule has 1 aromatic heterocycles. The van der Waals surface area contributed by atoms with Gasteiger partial charge in [-0.1, -0.05) is 0 Å².